The van der Waals surface area contributed by atoms with E-state index in [0.717, 1.165) is 23.1 Å². The third-order valence-corrected chi connectivity index (χ3v) is 6.35. The molecule has 0 bridgehead atoms. The molecule has 1 aliphatic heterocycles. The molecule has 0 aromatic carbocycles. The van der Waals surface area contributed by atoms with E-state index in [1.165, 1.54) is 6.07 Å². The number of anilines is 1. The van der Waals surface area contributed by atoms with E-state index in [-0.39, 0.29) is 37.6 Å². The van der Waals surface area contributed by atoms with Crippen molar-refractivity contribution < 1.29 is 35.9 Å². The van der Waals surface area contributed by atoms with Crippen molar-refractivity contribution in [2.24, 2.45) is 0 Å². The number of hydrogen-bond acceptors (Lipinski definition) is 7. The summed E-state index contributed by atoms with van der Waals surface area (Å²) in [6.07, 6.45) is -7.44. The zero-order chi connectivity index (χ0) is 28.6. The highest BCUT2D eigenvalue weighted by Crippen LogP contribution is 2.33. The number of pyridine rings is 1. The number of alkyl halides is 6. The Balaban J connectivity index is 1.29. The highest BCUT2D eigenvalue weighted by molar-refractivity contribution is 5.80. The van der Waals surface area contributed by atoms with E-state index in [1.807, 2.05) is 23.8 Å². The number of fused-ring (bicyclic) bond motifs is 1. The molecule has 0 radical (unpaired) electrons. The van der Waals surface area contributed by atoms with Crippen LogP contribution in [0.5, 0.6) is 0 Å². The molecule has 39 heavy (non-hydrogen) atoms. The molecule has 0 aliphatic carbocycles. The second kappa shape index (κ2) is 10.5. The molecule has 4 heterocycles. The van der Waals surface area contributed by atoms with Crippen molar-refractivity contribution in [2.45, 2.75) is 44.7 Å². The summed E-state index contributed by atoms with van der Waals surface area (Å²) in [4.78, 5) is 32.0. The third kappa shape index (κ3) is 6.15. The Hall–Kier alpha value is -3.69. The first kappa shape index (κ1) is 28.3. The minimum atomic E-state index is -4.83. The molecular formula is C23H25F6N7O3. The fourth-order valence-electron chi connectivity index (χ4n) is 4.48. The molecule has 10 nitrogen and oxygen atoms in total. The van der Waals surface area contributed by atoms with Crippen molar-refractivity contribution in [2.75, 3.05) is 37.7 Å². The summed E-state index contributed by atoms with van der Waals surface area (Å²) < 4.78 is 84.8. The highest BCUT2D eigenvalue weighted by Gasteiger charge is 2.39. The third-order valence-electron chi connectivity index (χ3n) is 6.35. The molecule has 0 spiro atoms. The maximum absolute atomic E-state index is 13.3. The zero-order valence-electron chi connectivity index (χ0n) is 20.9. The molecule has 3 aromatic heterocycles. The van der Waals surface area contributed by atoms with Crippen LogP contribution in [0.4, 0.5) is 32.2 Å². The topological polar surface area (TPSA) is 109 Å². The quantitative estimate of drug-likeness (QED) is 0.349. The molecule has 1 aliphatic rings. The SMILES string of the molecule is CC1(C)CN(C(=O)CCOCCn2nc(C(F)(F)F)c3c(=O)[nH]ncc32)CCN1c1ccc(C(F)(F)F)cn1. The van der Waals surface area contributed by atoms with Gasteiger partial charge in [-0.05, 0) is 26.0 Å². The van der Waals surface area contributed by atoms with Crippen LogP contribution in [0.3, 0.4) is 0 Å². The summed E-state index contributed by atoms with van der Waals surface area (Å²) in [5.74, 6) is 0.170. The molecular weight excluding hydrogens is 536 g/mol. The number of halogens is 6. The second-order valence-corrected chi connectivity index (χ2v) is 9.57. The van der Waals surface area contributed by atoms with E-state index in [9.17, 15) is 35.9 Å². The predicted molar refractivity (Wildman–Crippen MR) is 126 cm³/mol. The molecule has 16 heteroatoms. The highest BCUT2D eigenvalue weighted by atomic mass is 19.4. The van der Waals surface area contributed by atoms with E-state index >= 15 is 0 Å². The molecule has 0 saturated carbocycles. The van der Waals surface area contributed by atoms with Gasteiger partial charge in [0.15, 0.2) is 5.69 Å². The lowest BCUT2D eigenvalue weighted by atomic mass is 9.98. The lowest BCUT2D eigenvalue weighted by molar-refractivity contribution is -0.140. The van der Waals surface area contributed by atoms with E-state index in [1.54, 1.807) is 4.90 Å². The van der Waals surface area contributed by atoms with Crippen LogP contribution < -0.4 is 10.5 Å². The minimum Gasteiger partial charge on any atom is -0.379 e. The average Bonchev–Trinajstić information content (AvgIpc) is 3.23. The van der Waals surface area contributed by atoms with Gasteiger partial charge < -0.3 is 14.5 Å². The molecule has 4 rings (SSSR count). The van der Waals surface area contributed by atoms with Gasteiger partial charge in [-0.25, -0.2) is 10.1 Å². The van der Waals surface area contributed by atoms with Gasteiger partial charge in [0, 0.05) is 25.8 Å². The van der Waals surface area contributed by atoms with Gasteiger partial charge in [0.05, 0.1) is 49.0 Å². The van der Waals surface area contributed by atoms with Crippen LogP contribution in [0, 0.1) is 0 Å². The van der Waals surface area contributed by atoms with Gasteiger partial charge >= 0.3 is 12.4 Å². The number of nitrogens with zero attached hydrogens (tertiary/aromatic N) is 6. The largest absolute Gasteiger partial charge is 0.435 e. The fraction of sp³-hybridized carbons (Fsp3) is 0.522. The second-order valence-electron chi connectivity index (χ2n) is 9.57. The number of piperazine rings is 1. The molecule has 0 unspecified atom stereocenters. The first-order valence-electron chi connectivity index (χ1n) is 11.9. The van der Waals surface area contributed by atoms with Crippen LogP contribution >= 0.6 is 0 Å². The van der Waals surface area contributed by atoms with Crippen LogP contribution in [-0.4, -0.2) is 74.2 Å². The van der Waals surface area contributed by atoms with Crippen LogP contribution in [0.2, 0.25) is 0 Å². The Morgan fingerprint density at radius 2 is 1.82 bits per heavy atom. The molecule has 212 valence electrons. The molecule has 1 amide bonds. The van der Waals surface area contributed by atoms with Crippen LogP contribution in [0.1, 0.15) is 31.5 Å². The van der Waals surface area contributed by atoms with Crippen LogP contribution in [-0.2, 0) is 28.4 Å². The van der Waals surface area contributed by atoms with Crippen molar-refractivity contribution in [1.82, 2.24) is 29.9 Å². The summed E-state index contributed by atoms with van der Waals surface area (Å²) >= 11 is 0. The van der Waals surface area contributed by atoms with E-state index < -0.39 is 40.1 Å². The maximum Gasteiger partial charge on any atom is 0.435 e. The molecule has 0 atom stereocenters. The first-order valence-corrected chi connectivity index (χ1v) is 11.9. The van der Waals surface area contributed by atoms with Crippen molar-refractivity contribution in [1.29, 1.82) is 0 Å². The standard InChI is InChI=1S/C23H25F6N7O3/c1-21(2)13-34(6-7-35(21)16-4-3-14(11-30-16)22(24,25)26)17(37)5-9-39-10-8-36-15-12-31-32-20(38)18(15)19(33-36)23(27,28)29/h3-4,11-12H,5-10,13H2,1-2H3,(H,32,38). The first-order chi connectivity index (χ1) is 18.2. The predicted octanol–water partition coefficient (Wildman–Crippen LogP) is 3.09. The number of amides is 1. The minimum absolute atomic E-state index is 0.00407. The number of carbonyl (C=O) groups excluding carboxylic acids is 1. The molecule has 3 aromatic rings. The Morgan fingerprint density at radius 3 is 2.44 bits per heavy atom. The number of carbonyl (C=O) groups is 1. The number of rotatable bonds is 7. The van der Waals surface area contributed by atoms with E-state index in [2.05, 4.69) is 15.2 Å². The lowest BCUT2D eigenvalue weighted by Gasteiger charge is -2.47. The van der Waals surface area contributed by atoms with Crippen LogP contribution in [0.25, 0.3) is 10.9 Å². The maximum atomic E-state index is 13.3. The Kier molecular flexibility index (Phi) is 7.60. The van der Waals surface area contributed by atoms with Gasteiger partial charge in [0.1, 0.15) is 11.2 Å². The van der Waals surface area contributed by atoms with Crippen molar-refractivity contribution >= 4 is 22.6 Å². The van der Waals surface area contributed by atoms with E-state index in [4.69, 9.17) is 4.74 Å². The number of H-pyrrole nitrogens is 1. The number of aromatic amines is 1. The van der Waals surface area contributed by atoms with Crippen molar-refractivity contribution in [3.05, 3.63) is 46.1 Å². The zero-order valence-corrected chi connectivity index (χ0v) is 20.9. The lowest BCUT2D eigenvalue weighted by Crippen LogP contribution is -2.61. The number of aromatic nitrogens is 5. The average molecular weight is 561 g/mol. The van der Waals surface area contributed by atoms with Crippen molar-refractivity contribution in [3.63, 3.8) is 0 Å². The van der Waals surface area contributed by atoms with Gasteiger partial charge in [0.2, 0.25) is 5.91 Å². The molecule has 1 fully saturated rings. The smallest absolute Gasteiger partial charge is 0.379 e. The normalized spacial score (nSPS) is 16.2. The molecule has 1 N–H and O–H groups in total. The number of ether oxygens (including phenoxy) is 1. The number of hydrogen-bond donors (Lipinski definition) is 1. The van der Waals surface area contributed by atoms with Gasteiger partial charge in [-0.2, -0.15) is 36.5 Å². The summed E-state index contributed by atoms with van der Waals surface area (Å²) in [6.45, 7) is 4.53. The van der Waals surface area contributed by atoms with Gasteiger partial charge in [0.25, 0.3) is 5.56 Å². The Bertz CT molecular complexity index is 1380. The summed E-state index contributed by atoms with van der Waals surface area (Å²) in [5.41, 5.74) is -3.86. The van der Waals surface area contributed by atoms with E-state index in [0.29, 0.717) is 25.5 Å². The van der Waals surface area contributed by atoms with Gasteiger partial charge in [-0.15, -0.1) is 0 Å². The Morgan fingerprint density at radius 1 is 1.08 bits per heavy atom. The summed E-state index contributed by atoms with van der Waals surface area (Å²) in [5, 5.41) is 8.39. The molecule has 1 saturated heterocycles. The summed E-state index contributed by atoms with van der Waals surface area (Å²) in [7, 11) is 0. The number of nitrogens with one attached hydrogen (secondary N) is 1. The Labute approximate surface area is 217 Å². The van der Waals surface area contributed by atoms with Crippen molar-refractivity contribution in [3.8, 4) is 0 Å². The monoisotopic (exact) mass is 561 g/mol. The fourth-order valence-corrected chi connectivity index (χ4v) is 4.48. The summed E-state index contributed by atoms with van der Waals surface area (Å²) in [6, 6.07) is 2.28. The van der Waals surface area contributed by atoms with Crippen LogP contribution in [0.15, 0.2) is 29.3 Å². The van der Waals surface area contributed by atoms with Gasteiger partial charge in [-0.3, -0.25) is 14.3 Å². The van der Waals surface area contributed by atoms with Gasteiger partial charge in [-0.1, -0.05) is 0 Å².